The molecule has 0 amide bonds. The highest BCUT2D eigenvalue weighted by atomic mass is 35.5. The van der Waals surface area contributed by atoms with Crippen molar-refractivity contribution in [2.75, 3.05) is 11.6 Å². The van der Waals surface area contributed by atoms with Crippen LogP contribution in [0.2, 0.25) is 10.0 Å². The first-order chi connectivity index (χ1) is 15.5. The Labute approximate surface area is 194 Å². The Morgan fingerprint density at radius 1 is 0.875 bits per heavy atom. The van der Waals surface area contributed by atoms with E-state index in [1.165, 1.54) is 9.25 Å². The summed E-state index contributed by atoms with van der Waals surface area (Å²) in [5.74, 6) is 0.489. The molecule has 0 fully saturated rings. The van der Waals surface area contributed by atoms with Gasteiger partial charge in [-0.3, -0.25) is 4.57 Å². The van der Waals surface area contributed by atoms with E-state index < -0.39 is 0 Å². The molecule has 0 bridgehead atoms. The van der Waals surface area contributed by atoms with Crippen LogP contribution in [0, 0.1) is 0 Å². The van der Waals surface area contributed by atoms with E-state index in [0.29, 0.717) is 28.2 Å². The highest BCUT2D eigenvalue weighted by Crippen LogP contribution is 2.31. The van der Waals surface area contributed by atoms with Crippen LogP contribution in [0.15, 0.2) is 88.8 Å². The predicted octanol–water partition coefficient (Wildman–Crippen LogP) is 4.89. The van der Waals surface area contributed by atoms with Gasteiger partial charge in [0.2, 0.25) is 5.95 Å². The zero-order valence-electron chi connectivity index (χ0n) is 17.2. The SMILES string of the molecule is Cn1c(N2C[C@@H](c3ccccc3)C(c3ccc(Cl)cc3)=N2)nn(-c2ccc(Cl)cc2)c1=O. The molecule has 4 aromatic rings. The van der Waals surface area contributed by atoms with Crippen LogP contribution in [0.25, 0.3) is 5.69 Å². The van der Waals surface area contributed by atoms with E-state index in [1.807, 2.05) is 42.5 Å². The van der Waals surface area contributed by atoms with Crippen molar-refractivity contribution in [1.29, 1.82) is 0 Å². The average Bonchev–Trinajstić information content (AvgIpc) is 3.38. The van der Waals surface area contributed by atoms with E-state index in [1.54, 1.807) is 36.3 Å². The smallest absolute Gasteiger partial charge is 0.263 e. The molecule has 0 saturated heterocycles. The lowest BCUT2D eigenvalue weighted by molar-refractivity contribution is 0.765. The van der Waals surface area contributed by atoms with E-state index in [4.69, 9.17) is 28.3 Å². The number of hydrogen-bond acceptors (Lipinski definition) is 4. The largest absolute Gasteiger partial charge is 0.351 e. The average molecular weight is 464 g/mol. The first-order valence-electron chi connectivity index (χ1n) is 10.1. The lowest BCUT2D eigenvalue weighted by Gasteiger charge is -2.15. The number of aromatic nitrogens is 3. The summed E-state index contributed by atoms with van der Waals surface area (Å²) >= 11 is 12.1. The van der Waals surface area contributed by atoms with Gasteiger partial charge < -0.3 is 0 Å². The maximum Gasteiger partial charge on any atom is 0.351 e. The van der Waals surface area contributed by atoms with Gasteiger partial charge in [-0.1, -0.05) is 65.7 Å². The molecule has 0 aliphatic carbocycles. The second-order valence-electron chi connectivity index (χ2n) is 7.57. The molecule has 0 radical (unpaired) electrons. The molecular weight excluding hydrogens is 445 g/mol. The molecule has 8 heteroatoms. The molecule has 5 rings (SSSR count). The van der Waals surface area contributed by atoms with Crippen LogP contribution in [0.3, 0.4) is 0 Å². The second-order valence-corrected chi connectivity index (χ2v) is 8.44. The molecule has 160 valence electrons. The van der Waals surface area contributed by atoms with E-state index in [0.717, 1.165) is 16.8 Å². The Morgan fingerprint density at radius 3 is 2.16 bits per heavy atom. The van der Waals surface area contributed by atoms with Gasteiger partial charge in [0.15, 0.2) is 0 Å². The van der Waals surface area contributed by atoms with E-state index in [-0.39, 0.29) is 11.6 Å². The Bertz CT molecular complexity index is 1340. The highest BCUT2D eigenvalue weighted by Gasteiger charge is 2.32. The third-order valence-electron chi connectivity index (χ3n) is 5.52. The number of nitrogens with zero attached hydrogens (tertiary/aromatic N) is 5. The summed E-state index contributed by atoms with van der Waals surface area (Å²) in [6, 6.07) is 24.8. The van der Waals surface area contributed by atoms with Crippen LogP contribution in [-0.2, 0) is 7.05 Å². The Kier molecular flexibility index (Phi) is 5.33. The van der Waals surface area contributed by atoms with Gasteiger partial charge in [-0.05, 0) is 47.5 Å². The van der Waals surface area contributed by atoms with Gasteiger partial charge in [-0.25, -0.2) is 9.80 Å². The molecule has 1 aliphatic rings. The Balaban J connectivity index is 1.58. The molecule has 1 atom stereocenters. The van der Waals surface area contributed by atoms with Crippen molar-refractivity contribution in [1.82, 2.24) is 14.3 Å². The molecular formula is C24H19Cl2N5O. The summed E-state index contributed by atoms with van der Waals surface area (Å²) in [5.41, 5.74) is 3.41. The number of anilines is 1. The fourth-order valence-corrected chi connectivity index (χ4v) is 4.11. The highest BCUT2D eigenvalue weighted by molar-refractivity contribution is 6.31. The molecule has 6 nitrogen and oxygen atoms in total. The maximum atomic E-state index is 12.9. The fourth-order valence-electron chi connectivity index (χ4n) is 3.86. The van der Waals surface area contributed by atoms with Crippen molar-refractivity contribution in [3.8, 4) is 5.69 Å². The molecule has 0 spiro atoms. The van der Waals surface area contributed by atoms with Crippen molar-refractivity contribution in [3.05, 3.63) is 111 Å². The molecule has 0 saturated carbocycles. The van der Waals surface area contributed by atoms with Gasteiger partial charge in [0, 0.05) is 23.0 Å². The van der Waals surface area contributed by atoms with Crippen molar-refractivity contribution < 1.29 is 0 Å². The summed E-state index contributed by atoms with van der Waals surface area (Å²) < 4.78 is 2.87. The van der Waals surface area contributed by atoms with Gasteiger partial charge >= 0.3 is 5.69 Å². The Hall–Kier alpha value is -3.35. The fraction of sp³-hybridized carbons (Fsp3) is 0.125. The molecule has 1 aliphatic heterocycles. The minimum atomic E-state index is -0.256. The van der Waals surface area contributed by atoms with Gasteiger partial charge in [-0.15, -0.1) is 5.10 Å². The van der Waals surface area contributed by atoms with E-state index in [2.05, 4.69) is 17.2 Å². The van der Waals surface area contributed by atoms with Crippen molar-refractivity contribution in [2.45, 2.75) is 5.92 Å². The van der Waals surface area contributed by atoms with Crippen LogP contribution in [0.1, 0.15) is 17.0 Å². The first-order valence-corrected chi connectivity index (χ1v) is 10.9. The van der Waals surface area contributed by atoms with Crippen LogP contribution in [0.4, 0.5) is 5.95 Å². The second kappa shape index (κ2) is 8.30. The molecule has 32 heavy (non-hydrogen) atoms. The van der Waals surface area contributed by atoms with Gasteiger partial charge in [0.05, 0.1) is 17.9 Å². The lowest BCUT2D eigenvalue weighted by Crippen LogP contribution is -2.24. The monoisotopic (exact) mass is 463 g/mol. The van der Waals surface area contributed by atoms with Crippen LogP contribution in [0.5, 0.6) is 0 Å². The van der Waals surface area contributed by atoms with Crippen molar-refractivity contribution in [3.63, 3.8) is 0 Å². The quantitative estimate of drug-likeness (QED) is 0.433. The number of hydrazone groups is 1. The third-order valence-corrected chi connectivity index (χ3v) is 6.02. The summed E-state index contributed by atoms with van der Waals surface area (Å²) in [5, 5.41) is 12.5. The van der Waals surface area contributed by atoms with Crippen LogP contribution < -0.4 is 10.7 Å². The van der Waals surface area contributed by atoms with Crippen LogP contribution in [-0.4, -0.2) is 26.6 Å². The van der Waals surface area contributed by atoms with E-state index >= 15 is 0 Å². The number of rotatable bonds is 4. The molecule has 2 heterocycles. The van der Waals surface area contributed by atoms with E-state index in [9.17, 15) is 4.79 Å². The summed E-state index contributed by atoms with van der Waals surface area (Å²) in [4.78, 5) is 12.9. The summed E-state index contributed by atoms with van der Waals surface area (Å²) in [7, 11) is 1.70. The molecule has 0 unspecified atom stereocenters. The number of benzene rings is 3. The topological polar surface area (TPSA) is 55.4 Å². The first kappa shape index (κ1) is 20.5. The predicted molar refractivity (Wildman–Crippen MR) is 128 cm³/mol. The standard InChI is InChI=1S/C24H19Cl2N5O/c1-29-23(28-31(24(29)32)20-13-11-19(26)12-14-20)30-15-21(16-5-3-2-4-6-16)22(27-30)17-7-9-18(25)10-8-17/h2-14,21H,15H2,1H3/t21-/m0/s1. The normalized spacial score (nSPS) is 15.8. The van der Waals surface area contributed by atoms with Crippen molar-refractivity contribution >= 4 is 34.9 Å². The van der Waals surface area contributed by atoms with Crippen LogP contribution >= 0.6 is 23.2 Å². The lowest BCUT2D eigenvalue weighted by atomic mass is 9.91. The zero-order valence-corrected chi connectivity index (χ0v) is 18.7. The summed E-state index contributed by atoms with van der Waals surface area (Å²) in [6.07, 6.45) is 0. The van der Waals surface area contributed by atoms with Crippen molar-refractivity contribution in [2.24, 2.45) is 12.1 Å². The van der Waals surface area contributed by atoms with Gasteiger partial charge in [0.25, 0.3) is 0 Å². The number of hydrogen-bond donors (Lipinski definition) is 0. The number of halogens is 2. The van der Waals surface area contributed by atoms with Gasteiger partial charge in [0.1, 0.15) is 0 Å². The summed E-state index contributed by atoms with van der Waals surface area (Å²) in [6.45, 7) is 0.562. The molecule has 0 N–H and O–H groups in total. The Morgan fingerprint density at radius 2 is 1.50 bits per heavy atom. The molecule has 3 aromatic carbocycles. The third kappa shape index (κ3) is 3.72. The maximum absolute atomic E-state index is 12.9. The zero-order chi connectivity index (χ0) is 22.2. The van der Waals surface area contributed by atoms with Gasteiger partial charge in [-0.2, -0.15) is 9.78 Å². The molecule has 1 aromatic heterocycles. The minimum absolute atomic E-state index is 0.0214. The minimum Gasteiger partial charge on any atom is -0.263 e.